The molecule has 2 aliphatic carbocycles. The highest BCUT2D eigenvalue weighted by Crippen LogP contribution is 2.53. The van der Waals surface area contributed by atoms with Crippen molar-refractivity contribution in [1.29, 1.82) is 0 Å². The average molecular weight is 156 g/mol. The van der Waals surface area contributed by atoms with Crippen molar-refractivity contribution in [2.75, 3.05) is 7.11 Å². The van der Waals surface area contributed by atoms with Crippen LogP contribution >= 0.6 is 0 Å². The number of aliphatic hydroxyl groups is 1. The number of aliphatic hydroxyl groups excluding tert-OH is 1. The van der Waals surface area contributed by atoms with Gasteiger partial charge in [-0.3, -0.25) is 0 Å². The molecule has 5 atom stereocenters. The van der Waals surface area contributed by atoms with Gasteiger partial charge in [-0.05, 0) is 24.7 Å². The predicted octanol–water partition coefficient (Wildman–Crippen LogP) is 1.04. The minimum atomic E-state index is -0.0579. The minimum absolute atomic E-state index is 0.0579. The molecule has 2 nitrogen and oxygen atoms in total. The van der Waals surface area contributed by atoms with E-state index in [0.29, 0.717) is 23.9 Å². The van der Waals surface area contributed by atoms with Gasteiger partial charge in [0.05, 0.1) is 12.2 Å². The summed E-state index contributed by atoms with van der Waals surface area (Å²) in [6, 6.07) is 0. The van der Waals surface area contributed by atoms with Crippen molar-refractivity contribution in [3.8, 4) is 0 Å². The van der Waals surface area contributed by atoms with Crippen LogP contribution in [0.1, 0.15) is 19.8 Å². The number of rotatable bonds is 1. The van der Waals surface area contributed by atoms with Crippen LogP contribution in [0.2, 0.25) is 0 Å². The van der Waals surface area contributed by atoms with Crippen LogP contribution in [0.5, 0.6) is 0 Å². The van der Waals surface area contributed by atoms with Gasteiger partial charge in [-0.15, -0.1) is 0 Å². The van der Waals surface area contributed by atoms with E-state index < -0.39 is 0 Å². The topological polar surface area (TPSA) is 29.5 Å². The highest BCUT2D eigenvalue weighted by Gasteiger charge is 2.58. The fourth-order valence-electron chi connectivity index (χ4n) is 2.61. The molecule has 2 rings (SSSR count). The monoisotopic (exact) mass is 156 g/mol. The van der Waals surface area contributed by atoms with Crippen LogP contribution < -0.4 is 0 Å². The Morgan fingerprint density at radius 2 is 2.00 bits per heavy atom. The number of methoxy groups -OCH3 is 1. The molecule has 11 heavy (non-hydrogen) atoms. The molecule has 1 N–H and O–H groups in total. The molecule has 0 saturated heterocycles. The molecule has 4 unspecified atom stereocenters. The Hall–Kier alpha value is -0.0800. The van der Waals surface area contributed by atoms with Gasteiger partial charge >= 0.3 is 0 Å². The number of ether oxygens (including phenoxy) is 1. The lowest BCUT2D eigenvalue weighted by Crippen LogP contribution is -2.22. The van der Waals surface area contributed by atoms with Gasteiger partial charge in [0.2, 0.25) is 0 Å². The summed E-state index contributed by atoms with van der Waals surface area (Å²) in [5, 5.41) is 9.52. The Morgan fingerprint density at radius 1 is 1.27 bits per heavy atom. The Labute approximate surface area is 67.6 Å². The highest BCUT2D eigenvalue weighted by atomic mass is 16.5. The quantitative estimate of drug-likeness (QED) is 0.614. The molecular formula is C9H16O2. The van der Waals surface area contributed by atoms with E-state index in [9.17, 15) is 5.11 Å². The Kier molecular flexibility index (Phi) is 1.69. The lowest BCUT2D eigenvalue weighted by atomic mass is 9.89. The van der Waals surface area contributed by atoms with E-state index >= 15 is 0 Å². The molecule has 2 aliphatic rings. The highest BCUT2D eigenvalue weighted by molar-refractivity contribution is 5.06. The van der Waals surface area contributed by atoms with E-state index in [1.54, 1.807) is 7.11 Å². The summed E-state index contributed by atoms with van der Waals surface area (Å²) >= 11 is 0. The van der Waals surface area contributed by atoms with Gasteiger partial charge in [0.1, 0.15) is 0 Å². The molecule has 0 bridgehead atoms. The van der Waals surface area contributed by atoms with Crippen LogP contribution in [0, 0.1) is 17.8 Å². The van der Waals surface area contributed by atoms with Crippen molar-refractivity contribution in [3.05, 3.63) is 0 Å². The van der Waals surface area contributed by atoms with Crippen molar-refractivity contribution >= 4 is 0 Å². The summed E-state index contributed by atoms with van der Waals surface area (Å²) in [5.41, 5.74) is 0. The molecule has 0 aliphatic heterocycles. The van der Waals surface area contributed by atoms with E-state index in [4.69, 9.17) is 4.74 Å². The molecule has 0 aromatic carbocycles. The Balaban J connectivity index is 2.02. The first-order valence-corrected chi connectivity index (χ1v) is 4.46. The zero-order valence-electron chi connectivity index (χ0n) is 7.16. The first-order valence-electron chi connectivity index (χ1n) is 4.46. The van der Waals surface area contributed by atoms with Gasteiger partial charge in [0, 0.05) is 13.0 Å². The summed E-state index contributed by atoms with van der Waals surface area (Å²) in [7, 11) is 1.75. The fourth-order valence-corrected chi connectivity index (χ4v) is 2.61. The smallest absolute Gasteiger partial charge is 0.0632 e. The fraction of sp³-hybridized carbons (Fsp3) is 1.00. The van der Waals surface area contributed by atoms with E-state index in [-0.39, 0.29) is 6.10 Å². The summed E-state index contributed by atoms with van der Waals surface area (Å²) in [6.07, 6.45) is 2.63. The summed E-state index contributed by atoms with van der Waals surface area (Å²) in [5.74, 6) is 1.72. The van der Waals surface area contributed by atoms with Gasteiger partial charge < -0.3 is 9.84 Å². The van der Waals surface area contributed by atoms with Crippen molar-refractivity contribution in [2.24, 2.45) is 17.8 Å². The molecule has 2 fully saturated rings. The van der Waals surface area contributed by atoms with Crippen LogP contribution in [0.25, 0.3) is 0 Å². The van der Waals surface area contributed by atoms with Crippen LogP contribution in [0.3, 0.4) is 0 Å². The van der Waals surface area contributed by atoms with Gasteiger partial charge in [-0.1, -0.05) is 6.92 Å². The molecule has 64 valence electrons. The lowest BCUT2D eigenvalue weighted by molar-refractivity contribution is 0.0433. The molecule has 0 heterocycles. The maximum Gasteiger partial charge on any atom is 0.0632 e. The number of hydrogen-bond donors (Lipinski definition) is 1. The van der Waals surface area contributed by atoms with Crippen molar-refractivity contribution < 1.29 is 9.84 Å². The van der Waals surface area contributed by atoms with Crippen LogP contribution in [0.15, 0.2) is 0 Å². The van der Waals surface area contributed by atoms with Crippen LogP contribution in [-0.4, -0.2) is 24.4 Å². The number of fused-ring (bicyclic) bond motifs is 1. The molecular weight excluding hydrogens is 140 g/mol. The molecule has 0 amide bonds. The molecule has 0 aromatic heterocycles. The molecule has 0 radical (unpaired) electrons. The lowest BCUT2D eigenvalue weighted by Gasteiger charge is -2.23. The second-order valence-corrected chi connectivity index (χ2v) is 3.97. The standard InChI is InChI=1S/C9H16O2/c1-5-3-4-6(11-2)8-7(5)9(8)10/h5-10H,3-4H2,1-2H3/t5?,6?,7?,8-,9?/m1/s1. The molecule has 0 spiro atoms. The summed E-state index contributed by atoms with van der Waals surface area (Å²) in [6.45, 7) is 2.24. The second-order valence-electron chi connectivity index (χ2n) is 3.97. The maximum atomic E-state index is 9.52. The third kappa shape index (κ3) is 1.00. The molecule has 2 saturated carbocycles. The average Bonchev–Trinajstić information content (AvgIpc) is 2.65. The normalized spacial score (nSPS) is 55.4. The zero-order valence-corrected chi connectivity index (χ0v) is 7.16. The van der Waals surface area contributed by atoms with Gasteiger partial charge in [-0.2, -0.15) is 0 Å². The van der Waals surface area contributed by atoms with Crippen molar-refractivity contribution in [3.63, 3.8) is 0 Å². The maximum absolute atomic E-state index is 9.52. The van der Waals surface area contributed by atoms with Crippen LogP contribution in [-0.2, 0) is 4.74 Å². The Morgan fingerprint density at radius 3 is 2.64 bits per heavy atom. The summed E-state index contributed by atoms with van der Waals surface area (Å²) < 4.78 is 5.30. The van der Waals surface area contributed by atoms with Gasteiger partial charge in [-0.25, -0.2) is 0 Å². The summed E-state index contributed by atoms with van der Waals surface area (Å²) in [4.78, 5) is 0. The third-order valence-corrected chi connectivity index (χ3v) is 3.39. The largest absolute Gasteiger partial charge is 0.392 e. The van der Waals surface area contributed by atoms with Crippen LogP contribution in [0.4, 0.5) is 0 Å². The van der Waals surface area contributed by atoms with Gasteiger partial charge in [0.15, 0.2) is 0 Å². The second kappa shape index (κ2) is 2.46. The van der Waals surface area contributed by atoms with Gasteiger partial charge in [0.25, 0.3) is 0 Å². The molecule has 2 heteroatoms. The molecule has 0 aromatic rings. The van der Waals surface area contributed by atoms with Crippen molar-refractivity contribution in [2.45, 2.75) is 32.0 Å². The first-order chi connectivity index (χ1) is 5.25. The third-order valence-electron chi connectivity index (χ3n) is 3.39. The van der Waals surface area contributed by atoms with Crippen molar-refractivity contribution in [1.82, 2.24) is 0 Å². The van der Waals surface area contributed by atoms with E-state index in [0.717, 1.165) is 6.42 Å². The van der Waals surface area contributed by atoms with E-state index in [1.165, 1.54) is 6.42 Å². The Bertz CT molecular complexity index is 156. The van der Waals surface area contributed by atoms with E-state index in [2.05, 4.69) is 6.92 Å². The SMILES string of the molecule is COC1CCC(C)C2C(O)[C@H]12. The predicted molar refractivity (Wildman–Crippen MR) is 42.2 cm³/mol. The number of hydrogen-bond acceptors (Lipinski definition) is 2. The first kappa shape index (κ1) is 7.56. The minimum Gasteiger partial charge on any atom is -0.392 e. The van der Waals surface area contributed by atoms with E-state index in [1.807, 2.05) is 0 Å². The zero-order chi connectivity index (χ0) is 8.01.